The molecule has 0 aliphatic carbocycles. The number of ether oxygens (including phenoxy) is 1. The van der Waals surface area contributed by atoms with Crippen LogP contribution in [0.5, 0.6) is 5.75 Å². The Hall–Kier alpha value is -4.36. The molecule has 5 rings (SSSR count). The maximum atomic E-state index is 13.2. The maximum Gasteiger partial charge on any atom is 0.394 e. The lowest BCUT2D eigenvalue weighted by Gasteiger charge is -2.29. The van der Waals surface area contributed by atoms with E-state index in [1.807, 2.05) is 29.8 Å². The van der Waals surface area contributed by atoms with E-state index in [1.165, 1.54) is 24.5 Å². The molecule has 2 aromatic heterocycles. The molecule has 1 aliphatic rings. The molecule has 0 radical (unpaired) electrons. The number of aromatic nitrogens is 4. The van der Waals surface area contributed by atoms with E-state index in [1.54, 1.807) is 6.07 Å². The topological polar surface area (TPSA) is 99.2 Å². The SMILES string of the molecule is Cc1ccc(CC(=O)c2cccc(OC(C)(F)F)c2)cc1C#Cc1nn(C2CCN(C)CC2)c2ncnc(N)c12. The van der Waals surface area contributed by atoms with Gasteiger partial charge in [-0.15, -0.1) is 0 Å². The number of hydrogen-bond acceptors (Lipinski definition) is 7. The zero-order chi connectivity index (χ0) is 28.4. The summed E-state index contributed by atoms with van der Waals surface area (Å²) in [6, 6.07) is 11.6. The van der Waals surface area contributed by atoms with Crippen LogP contribution in [0.25, 0.3) is 11.0 Å². The van der Waals surface area contributed by atoms with Crippen LogP contribution in [-0.2, 0) is 6.42 Å². The van der Waals surface area contributed by atoms with Crippen molar-refractivity contribution in [3.8, 4) is 17.6 Å². The van der Waals surface area contributed by atoms with Gasteiger partial charge in [-0.1, -0.05) is 30.2 Å². The number of alkyl halides is 2. The Labute approximate surface area is 231 Å². The van der Waals surface area contributed by atoms with E-state index in [0.717, 1.165) is 42.6 Å². The number of carbonyl (C=O) groups excluding carboxylic acids is 1. The monoisotopic (exact) mass is 544 g/mol. The number of aryl methyl sites for hydroxylation is 1. The van der Waals surface area contributed by atoms with Gasteiger partial charge in [0.2, 0.25) is 0 Å². The van der Waals surface area contributed by atoms with Crippen molar-refractivity contribution in [2.75, 3.05) is 25.9 Å². The van der Waals surface area contributed by atoms with Gasteiger partial charge in [0, 0.05) is 24.5 Å². The highest BCUT2D eigenvalue weighted by Crippen LogP contribution is 2.29. The number of anilines is 1. The summed E-state index contributed by atoms with van der Waals surface area (Å²) in [5.41, 5.74) is 10.1. The molecule has 2 N–H and O–H groups in total. The number of Topliss-reactive ketones (excluding diaryl/α,β-unsaturated/α-hetero) is 1. The number of ketones is 1. The van der Waals surface area contributed by atoms with Crippen molar-refractivity contribution in [3.05, 3.63) is 76.7 Å². The second-order valence-corrected chi connectivity index (χ2v) is 10.2. The van der Waals surface area contributed by atoms with E-state index < -0.39 is 6.11 Å². The van der Waals surface area contributed by atoms with Crippen LogP contribution in [0, 0.1) is 18.8 Å². The van der Waals surface area contributed by atoms with Gasteiger partial charge in [-0.2, -0.15) is 13.9 Å². The number of likely N-dealkylation sites (tertiary alicyclic amines) is 1. The Bertz CT molecular complexity index is 1620. The Morgan fingerprint density at radius 1 is 1.15 bits per heavy atom. The van der Waals surface area contributed by atoms with Gasteiger partial charge in [0.25, 0.3) is 0 Å². The Morgan fingerprint density at radius 3 is 2.67 bits per heavy atom. The fourth-order valence-electron chi connectivity index (χ4n) is 4.84. The molecule has 40 heavy (non-hydrogen) atoms. The summed E-state index contributed by atoms with van der Waals surface area (Å²) in [7, 11) is 2.11. The van der Waals surface area contributed by atoms with Gasteiger partial charge in [-0.05, 0) is 75.1 Å². The molecule has 0 unspecified atom stereocenters. The minimum absolute atomic E-state index is 0.0658. The Morgan fingerprint density at radius 2 is 1.93 bits per heavy atom. The Kier molecular flexibility index (Phi) is 7.50. The molecule has 0 saturated carbocycles. The largest absolute Gasteiger partial charge is 0.433 e. The second-order valence-electron chi connectivity index (χ2n) is 10.2. The lowest BCUT2D eigenvalue weighted by molar-refractivity contribution is -0.158. The first-order valence-corrected chi connectivity index (χ1v) is 13.1. The first-order chi connectivity index (χ1) is 19.1. The molecule has 0 amide bonds. The van der Waals surface area contributed by atoms with Crippen LogP contribution < -0.4 is 10.5 Å². The number of nitrogens with two attached hydrogens (primary N) is 1. The summed E-state index contributed by atoms with van der Waals surface area (Å²) in [4.78, 5) is 23.9. The van der Waals surface area contributed by atoms with E-state index >= 15 is 0 Å². The molecule has 0 atom stereocenters. The second kappa shape index (κ2) is 11.0. The van der Waals surface area contributed by atoms with Gasteiger partial charge in [0.15, 0.2) is 11.4 Å². The first-order valence-electron chi connectivity index (χ1n) is 13.1. The molecule has 1 aliphatic heterocycles. The van der Waals surface area contributed by atoms with Gasteiger partial charge in [-0.3, -0.25) is 4.79 Å². The number of nitrogens with zero attached hydrogens (tertiary/aromatic N) is 5. The fourth-order valence-corrected chi connectivity index (χ4v) is 4.84. The van der Waals surface area contributed by atoms with Gasteiger partial charge in [0.1, 0.15) is 23.6 Å². The smallest absolute Gasteiger partial charge is 0.394 e. The average Bonchev–Trinajstić information content (AvgIpc) is 3.28. The highest BCUT2D eigenvalue weighted by molar-refractivity contribution is 5.98. The highest BCUT2D eigenvalue weighted by atomic mass is 19.3. The summed E-state index contributed by atoms with van der Waals surface area (Å²) in [6.45, 7) is 4.54. The third kappa shape index (κ3) is 6.10. The summed E-state index contributed by atoms with van der Waals surface area (Å²) in [5.74, 6) is 6.41. The van der Waals surface area contributed by atoms with Gasteiger partial charge < -0.3 is 15.4 Å². The van der Waals surface area contributed by atoms with Gasteiger partial charge >= 0.3 is 6.11 Å². The molecule has 8 nitrogen and oxygen atoms in total. The van der Waals surface area contributed by atoms with Crippen LogP contribution in [0.4, 0.5) is 14.6 Å². The van der Waals surface area contributed by atoms with Crippen molar-refractivity contribution in [1.29, 1.82) is 0 Å². The summed E-state index contributed by atoms with van der Waals surface area (Å²) < 4.78 is 33.0. The predicted molar refractivity (Wildman–Crippen MR) is 148 cm³/mol. The number of carbonyl (C=O) groups is 1. The number of halogens is 2. The van der Waals surface area contributed by atoms with Gasteiger partial charge in [0.05, 0.1) is 11.4 Å². The van der Waals surface area contributed by atoms with Gasteiger partial charge in [-0.25, -0.2) is 14.6 Å². The van der Waals surface area contributed by atoms with Crippen molar-refractivity contribution < 1.29 is 18.3 Å². The van der Waals surface area contributed by atoms with E-state index in [9.17, 15) is 13.6 Å². The van der Waals surface area contributed by atoms with E-state index in [4.69, 9.17) is 10.8 Å². The number of piperidine rings is 1. The third-order valence-corrected chi connectivity index (χ3v) is 6.99. The molecule has 206 valence electrons. The molecular formula is C30H30F2N6O2. The molecule has 1 fully saturated rings. The molecule has 4 aromatic rings. The first kappa shape index (κ1) is 27.2. The molecule has 0 bridgehead atoms. The van der Waals surface area contributed by atoms with Crippen molar-refractivity contribution in [2.45, 2.75) is 45.3 Å². The normalized spacial score (nSPS) is 14.6. The van der Waals surface area contributed by atoms with Crippen LogP contribution in [0.15, 0.2) is 48.8 Å². The lowest BCUT2D eigenvalue weighted by Crippen LogP contribution is -2.32. The Balaban J connectivity index is 1.41. The van der Waals surface area contributed by atoms with Crippen LogP contribution in [0.2, 0.25) is 0 Å². The van der Waals surface area contributed by atoms with Crippen molar-refractivity contribution in [1.82, 2.24) is 24.6 Å². The van der Waals surface area contributed by atoms with E-state index in [0.29, 0.717) is 29.5 Å². The maximum absolute atomic E-state index is 13.2. The molecule has 10 heteroatoms. The van der Waals surface area contributed by atoms with Crippen molar-refractivity contribution >= 4 is 22.6 Å². The minimum Gasteiger partial charge on any atom is -0.433 e. The van der Waals surface area contributed by atoms with E-state index in [-0.39, 0.29) is 29.6 Å². The molecule has 3 heterocycles. The van der Waals surface area contributed by atoms with E-state index in [2.05, 4.69) is 38.5 Å². The zero-order valence-electron chi connectivity index (χ0n) is 22.6. The van der Waals surface area contributed by atoms with Crippen LogP contribution in [0.1, 0.15) is 58.5 Å². The molecule has 0 spiro atoms. The van der Waals surface area contributed by atoms with Crippen molar-refractivity contribution in [3.63, 3.8) is 0 Å². The number of hydrogen-bond donors (Lipinski definition) is 1. The molecular weight excluding hydrogens is 514 g/mol. The third-order valence-electron chi connectivity index (χ3n) is 6.99. The number of nitrogen functional groups attached to an aromatic ring is 1. The van der Waals surface area contributed by atoms with Crippen LogP contribution in [-0.4, -0.2) is 56.7 Å². The number of fused-ring (bicyclic) bond motifs is 1. The zero-order valence-corrected chi connectivity index (χ0v) is 22.6. The van der Waals surface area contributed by atoms with Crippen LogP contribution >= 0.6 is 0 Å². The highest BCUT2D eigenvalue weighted by Gasteiger charge is 2.25. The summed E-state index contributed by atoms with van der Waals surface area (Å²) in [5, 5.41) is 5.45. The quantitative estimate of drug-likeness (QED) is 0.275. The average molecular weight is 545 g/mol. The predicted octanol–water partition coefficient (Wildman–Crippen LogP) is 4.80. The number of rotatable bonds is 6. The summed E-state index contributed by atoms with van der Waals surface area (Å²) in [6.07, 6.45) is 0.0964. The van der Waals surface area contributed by atoms with Crippen molar-refractivity contribution in [2.24, 2.45) is 0 Å². The minimum atomic E-state index is -3.34. The fraction of sp³-hybridized carbons (Fsp3) is 0.333. The molecule has 2 aromatic carbocycles. The number of benzene rings is 2. The summed E-state index contributed by atoms with van der Waals surface area (Å²) >= 11 is 0. The molecule has 1 saturated heterocycles. The standard InChI is InChI=1S/C30H30F2N6O2/c1-19-7-8-20(16-26(39)22-5-4-6-24(17-22)40-30(2,31)32)15-21(19)9-10-25-27-28(33)34-18-35-29(27)38(36-25)23-11-13-37(3)14-12-23/h4-8,15,17-18,23H,11-14,16H2,1-3H3,(H2,33,34,35). The lowest BCUT2D eigenvalue weighted by atomic mass is 9.99. The van der Waals surface area contributed by atoms with Crippen LogP contribution in [0.3, 0.4) is 0 Å².